The lowest BCUT2D eigenvalue weighted by molar-refractivity contribution is -0.389. The molecule has 0 fully saturated rings. The second kappa shape index (κ2) is 5.29. The van der Waals surface area contributed by atoms with E-state index in [9.17, 15) is 14.9 Å². The molecule has 0 aromatic carbocycles. The number of nitrogens with one attached hydrogen (secondary N) is 1. The molecule has 2 rings (SSSR count). The summed E-state index contributed by atoms with van der Waals surface area (Å²) in [7, 11) is 1.72. The minimum Gasteiger partial charge on any atom is -0.358 e. The summed E-state index contributed by atoms with van der Waals surface area (Å²) in [4.78, 5) is 21.8. The van der Waals surface area contributed by atoms with E-state index in [0.717, 1.165) is 0 Å². The van der Waals surface area contributed by atoms with Crippen molar-refractivity contribution in [3.05, 3.63) is 33.1 Å². The molecule has 1 amide bonds. The van der Waals surface area contributed by atoms with Gasteiger partial charge in [0.2, 0.25) is 5.91 Å². The van der Waals surface area contributed by atoms with Crippen molar-refractivity contribution in [2.45, 2.75) is 13.5 Å². The third-order valence-electron chi connectivity index (χ3n) is 2.56. The lowest BCUT2D eigenvalue weighted by atomic mass is 10.4. The molecule has 0 spiro atoms. The molecule has 0 aliphatic rings. The van der Waals surface area contributed by atoms with Crippen molar-refractivity contribution in [1.29, 1.82) is 0 Å². The molecule has 0 aliphatic carbocycles. The van der Waals surface area contributed by atoms with Crippen molar-refractivity contribution in [3.63, 3.8) is 0 Å². The molecule has 0 saturated heterocycles. The van der Waals surface area contributed by atoms with Crippen molar-refractivity contribution < 1.29 is 9.72 Å². The summed E-state index contributed by atoms with van der Waals surface area (Å²) >= 11 is 5.78. The monoisotopic (exact) mass is 298 g/mol. The number of halogens is 1. The van der Waals surface area contributed by atoms with Gasteiger partial charge in [-0.25, -0.2) is 0 Å². The second-order valence-corrected chi connectivity index (χ2v) is 4.44. The van der Waals surface area contributed by atoms with Crippen LogP contribution in [0.15, 0.2) is 12.3 Å². The predicted molar refractivity (Wildman–Crippen MR) is 70.5 cm³/mol. The van der Waals surface area contributed by atoms with Crippen LogP contribution in [0.5, 0.6) is 0 Å². The highest BCUT2D eigenvalue weighted by Gasteiger charge is 2.25. The van der Waals surface area contributed by atoms with Crippen LogP contribution in [0.3, 0.4) is 0 Å². The van der Waals surface area contributed by atoms with Crippen molar-refractivity contribution >= 4 is 29.1 Å². The molecular formula is C10H11ClN6O3. The summed E-state index contributed by atoms with van der Waals surface area (Å²) in [6.45, 7) is 1.37. The number of rotatable bonds is 4. The Bertz CT molecular complexity index is 677. The SMILES string of the molecule is Cc1c(Cl)c([N+](=O)[O-])nn1CC(=O)Nc1ccn(C)n1. The molecule has 0 saturated carbocycles. The third kappa shape index (κ3) is 2.77. The van der Waals surface area contributed by atoms with Crippen molar-refractivity contribution in [3.8, 4) is 0 Å². The Morgan fingerprint density at radius 1 is 1.55 bits per heavy atom. The predicted octanol–water partition coefficient (Wildman–Crippen LogP) is 1.13. The van der Waals surface area contributed by atoms with Gasteiger partial charge < -0.3 is 15.4 Å². The quantitative estimate of drug-likeness (QED) is 0.672. The minimum absolute atomic E-state index is 0.0689. The van der Waals surface area contributed by atoms with E-state index in [1.165, 1.54) is 9.36 Å². The van der Waals surface area contributed by atoms with Gasteiger partial charge in [-0.1, -0.05) is 11.6 Å². The van der Waals surface area contributed by atoms with Crippen LogP contribution < -0.4 is 5.32 Å². The van der Waals surface area contributed by atoms with Crippen LogP contribution in [0.2, 0.25) is 5.02 Å². The number of carbonyl (C=O) groups excluding carboxylic acids is 1. The number of anilines is 1. The molecule has 2 aromatic heterocycles. The van der Waals surface area contributed by atoms with Crippen molar-refractivity contribution in [1.82, 2.24) is 19.6 Å². The first-order valence-corrected chi connectivity index (χ1v) is 5.93. The van der Waals surface area contributed by atoms with Crippen LogP contribution in [0, 0.1) is 17.0 Å². The van der Waals surface area contributed by atoms with Crippen molar-refractivity contribution in [2.75, 3.05) is 5.32 Å². The van der Waals surface area contributed by atoms with E-state index in [4.69, 9.17) is 11.6 Å². The average Bonchev–Trinajstić information content (AvgIpc) is 2.88. The van der Waals surface area contributed by atoms with Gasteiger partial charge in [-0.05, 0) is 11.8 Å². The summed E-state index contributed by atoms with van der Waals surface area (Å²) in [6, 6.07) is 1.63. The van der Waals surface area contributed by atoms with Gasteiger partial charge in [0.15, 0.2) is 10.8 Å². The standard InChI is InChI=1S/C10H11ClN6O3/c1-6-9(11)10(17(19)20)14-16(6)5-8(18)12-7-3-4-15(2)13-7/h3-4H,5H2,1-2H3,(H,12,13,18). The molecule has 0 bridgehead atoms. The largest absolute Gasteiger partial charge is 0.408 e. The van der Waals surface area contributed by atoms with Gasteiger partial charge in [-0.3, -0.25) is 9.48 Å². The first-order valence-electron chi connectivity index (χ1n) is 5.55. The van der Waals surface area contributed by atoms with Crippen molar-refractivity contribution in [2.24, 2.45) is 7.05 Å². The van der Waals surface area contributed by atoms with Crippen LogP contribution in [0.1, 0.15) is 5.69 Å². The first-order chi connectivity index (χ1) is 9.38. The third-order valence-corrected chi connectivity index (χ3v) is 3.01. The minimum atomic E-state index is -0.692. The van der Waals surface area contributed by atoms with Crippen LogP contribution in [0.4, 0.5) is 11.6 Å². The number of hydrogen-bond donors (Lipinski definition) is 1. The van der Waals surface area contributed by atoms with Crippen LogP contribution in [-0.4, -0.2) is 30.4 Å². The van der Waals surface area contributed by atoms with E-state index >= 15 is 0 Å². The van der Waals surface area contributed by atoms with Crippen LogP contribution in [-0.2, 0) is 18.4 Å². The molecule has 106 valence electrons. The van der Waals surface area contributed by atoms with E-state index in [0.29, 0.717) is 11.5 Å². The second-order valence-electron chi connectivity index (χ2n) is 4.06. The van der Waals surface area contributed by atoms with E-state index in [1.807, 2.05) is 0 Å². The Balaban J connectivity index is 2.12. The van der Waals surface area contributed by atoms with E-state index in [1.54, 1.807) is 26.2 Å². The number of aromatic nitrogens is 4. The summed E-state index contributed by atoms with van der Waals surface area (Å²) in [5.41, 5.74) is 0.356. The zero-order chi connectivity index (χ0) is 14.9. The summed E-state index contributed by atoms with van der Waals surface area (Å²) in [5, 5.41) is 20.9. The first kappa shape index (κ1) is 14.0. The Hall–Kier alpha value is -2.42. The number of nitro groups is 1. The van der Waals surface area contributed by atoms with Gasteiger partial charge in [0.25, 0.3) is 0 Å². The number of carbonyl (C=O) groups is 1. The molecule has 0 radical (unpaired) electrons. The van der Waals surface area contributed by atoms with Crippen LogP contribution in [0.25, 0.3) is 0 Å². The maximum Gasteiger partial charge on any atom is 0.408 e. The fourth-order valence-corrected chi connectivity index (χ4v) is 1.78. The smallest absolute Gasteiger partial charge is 0.358 e. The molecule has 2 aromatic rings. The summed E-state index contributed by atoms with van der Waals surface area (Å²) < 4.78 is 2.72. The number of nitrogens with zero attached hydrogens (tertiary/aromatic N) is 5. The molecule has 1 N–H and O–H groups in total. The van der Waals surface area contributed by atoms with Gasteiger partial charge >= 0.3 is 5.82 Å². The Morgan fingerprint density at radius 2 is 2.25 bits per heavy atom. The maximum absolute atomic E-state index is 11.8. The number of amides is 1. The van der Waals surface area contributed by atoms with Gasteiger partial charge in [0.05, 0.1) is 10.8 Å². The fourth-order valence-electron chi connectivity index (χ4n) is 1.58. The average molecular weight is 299 g/mol. The van der Waals surface area contributed by atoms with E-state index < -0.39 is 16.6 Å². The number of aryl methyl sites for hydroxylation is 1. The highest BCUT2D eigenvalue weighted by atomic mass is 35.5. The van der Waals surface area contributed by atoms with Gasteiger partial charge in [0.1, 0.15) is 6.54 Å². The number of hydrogen-bond acceptors (Lipinski definition) is 5. The highest BCUT2D eigenvalue weighted by molar-refractivity contribution is 6.33. The van der Waals surface area contributed by atoms with Crippen LogP contribution >= 0.6 is 11.6 Å². The highest BCUT2D eigenvalue weighted by Crippen LogP contribution is 2.26. The molecule has 10 heteroatoms. The lowest BCUT2D eigenvalue weighted by Crippen LogP contribution is -2.20. The van der Waals surface area contributed by atoms with Gasteiger partial charge in [-0.15, -0.1) is 0 Å². The molecular weight excluding hydrogens is 288 g/mol. The molecule has 0 atom stereocenters. The molecule has 9 nitrogen and oxygen atoms in total. The zero-order valence-corrected chi connectivity index (χ0v) is 11.5. The van der Waals surface area contributed by atoms with Gasteiger partial charge in [0, 0.05) is 19.3 Å². The normalized spacial score (nSPS) is 10.6. The summed E-state index contributed by atoms with van der Waals surface area (Å²) in [6.07, 6.45) is 1.68. The van der Waals surface area contributed by atoms with E-state index in [-0.39, 0.29) is 11.6 Å². The molecule has 0 unspecified atom stereocenters. The molecule has 20 heavy (non-hydrogen) atoms. The Labute approximate surface area is 118 Å². The molecule has 2 heterocycles. The topological polar surface area (TPSA) is 108 Å². The lowest BCUT2D eigenvalue weighted by Gasteiger charge is -2.01. The Kier molecular flexibility index (Phi) is 3.70. The van der Waals surface area contributed by atoms with Gasteiger partial charge in [-0.2, -0.15) is 9.78 Å². The zero-order valence-electron chi connectivity index (χ0n) is 10.7. The summed E-state index contributed by atoms with van der Waals surface area (Å²) in [5.74, 6) is -0.474. The maximum atomic E-state index is 11.8. The fraction of sp³-hybridized carbons (Fsp3) is 0.300. The molecule has 0 aliphatic heterocycles. The Morgan fingerprint density at radius 3 is 2.75 bits per heavy atom. The van der Waals surface area contributed by atoms with E-state index in [2.05, 4.69) is 15.5 Å².